The lowest BCUT2D eigenvalue weighted by Crippen LogP contribution is -2.59. The van der Waals surface area contributed by atoms with Crippen LogP contribution >= 0.6 is 0 Å². The summed E-state index contributed by atoms with van der Waals surface area (Å²) in [6.45, 7) is 12.4. The highest BCUT2D eigenvalue weighted by Crippen LogP contribution is 2.42. The van der Waals surface area contributed by atoms with Gasteiger partial charge in [-0.3, -0.25) is 9.78 Å². The number of allylic oxidation sites excluding steroid dienone is 2. The molecule has 1 saturated heterocycles. The average Bonchev–Trinajstić information content (AvgIpc) is 3.86. The number of aliphatic hydroxyl groups is 5. The first-order valence-electron chi connectivity index (χ1n) is 19.0. The van der Waals surface area contributed by atoms with Crippen molar-refractivity contribution in [3.05, 3.63) is 69.3 Å². The van der Waals surface area contributed by atoms with Gasteiger partial charge in [-0.15, -0.1) is 0 Å². The molecule has 3 aromatic heterocycles. The van der Waals surface area contributed by atoms with E-state index in [1.54, 1.807) is 11.9 Å². The molecule has 8 bridgehead atoms. The molecule has 7 N–H and O–H groups in total. The van der Waals surface area contributed by atoms with Gasteiger partial charge in [0.1, 0.15) is 24.4 Å². The number of aromatic amines is 2. The van der Waals surface area contributed by atoms with Crippen LogP contribution in [0.4, 0.5) is 0 Å². The van der Waals surface area contributed by atoms with Crippen LogP contribution in [0.2, 0.25) is 0 Å². The molecule has 3 aromatic rings. The van der Waals surface area contributed by atoms with Crippen molar-refractivity contribution >= 4 is 39.1 Å². The number of nitrogens with zero attached hydrogens (tertiary/aromatic N) is 3. The van der Waals surface area contributed by atoms with E-state index in [-0.39, 0.29) is 31.0 Å². The number of H-pyrrole nitrogens is 2. The van der Waals surface area contributed by atoms with Crippen molar-refractivity contribution in [1.82, 2.24) is 24.8 Å². The van der Waals surface area contributed by atoms with Gasteiger partial charge >= 0.3 is 0 Å². The van der Waals surface area contributed by atoms with Crippen LogP contribution in [-0.4, -0.2) is 114 Å². The quantitative estimate of drug-likeness (QED) is 0.148. The maximum atomic E-state index is 13.1. The molecule has 292 valence electrons. The number of nitrogens with one attached hydrogen (secondary N) is 2. The largest absolute Gasteiger partial charge is 0.396 e. The highest BCUT2D eigenvalue weighted by Gasteiger charge is 2.44. The van der Waals surface area contributed by atoms with E-state index in [1.807, 2.05) is 13.0 Å². The monoisotopic (exact) mass is 745 g/mol. The zero-order chi connectivity index (χ0) is 39.0. The molecule has 3 aliphatic heterocycles. The smallest absolute Gasteiger partial charge is 0.222 e. The predicted octanol–water partition coefficient (Wildman–Crippen LogP) is 4.41. The third kappa shape index (κ3) is 7.63. The Labute approximate surface area is 315 Å². The Hall–Kier alpha value is -3.95. The molecule has 0 radical (unpaired) electrons. The molecule has 1 fully saturated rings. The van der Waals surface area contributed by atoms with Gasteiger partial charge in [0, 0.05) is 77.5 Å². The first-order chi connectivity index (χ1) is 25.8. The molecule has 54 heavy (non-hydrogen) atoms. The van der Waals surface area contributed by atoms with Crippen LogP contribution in [0, 0.1) is 20.8 Å². The fourth-order valence-electron chi connectivity index (χ4n) is 7.90. The fourth-order valence-corrected chi connectivity index (χ4v) is 7.90. The summed E-state index contributed by atoms with van der Waals surface area (Å²) in [5.41, 5.74) is 12.9. The lowest BCUT2D eigenvalue weighted by atomic mass is 9.86. The zero-order valence-electron chi connectivity index (χ0n) is 32.3. The van der Waals surface area contributed by atoms with Crippen molar-refractivity contribution in [3.8, 4) is 0 Å². The van der Waals surface area contributed by atoms with E-state index >= 15 is 0 Å². The normalized spacial score (nSPS) is 24.3. The van der Waals surface area contributed by atoms with Crippen LogP contribution in [0.1, 0.15) is 103 Å². The molecule has 13 nitrogen and oxygen atoms in total. The molecule has 0 saturated carbocycles. The lowest BCUT2D eigenvalue weighted by Gasteiger charge is -2.39. The highest BCUT2D eigenvalue weighted by atomic mass is 16.7. The van der Waals surface area contributed by atoms with Crippen molar-refractivity contribution in [2.45, 2.75) is 116 Å². The van der Waals surface area contributed by atoms with E-state index in [0.29, 0.717) is 25.8 Å². The number of rotatable bonds is 11. The number of fused-ring (bicyclic) bond motifs is 8. The SMILES string of the molecule is CCC1=C(C)c2cc3[nH]c(cc4nc(c(C)c5cc(C)c(cc1n2)[nH]5)[C@@H](CCC(=O)N(C)CCCO)[C@@H]4C)c(C)c3CO[C@@H]1O[C@H](CO)[C@@H](O)[C@H](O)[C@H]1O. The van der Waals surface area contributed by atoms with Gasteiger partial charge in [0.25, 0.3) is 0 Å². The van der Waals surface area contributed by atoms with E-state index in [0.717, 1.165) is 84.7 Å². The van der Waals surface area contributed by atoms with Gasteiger partial charge in [0.2, 0.25) is 5.91 Å². The van der Waals surface area contributed by atoms with Gasteiger partial charge in [-0.25, -0.2) is 4.98 Å². The van der Waals surface area contributed by atoms with Gasteiger partial charge in [0.15, 0.2) is 6.29 Å². The van der Waals surface area contributed by atoms with Gasteiger partial charge < -0.3 is 49.9 Å². The van der Waals surface area contributed by atoms with Crippen molar-refractivity contribution in [3.63, 3.8) is 0 Å². The topological polar surface area (TPSA) is 197 Å². The number of aromatic nitrogens is 4. The fraction of sp³-hybridized carbons (Fsp3) is 0.537. The summed E-state index contributed by atoms with van der Waals surface area (Å²) < 4.78 is 11.8. The molecule has 0 aliphatic carbocycles. The summed E-state index contributed by atoms with van der Waals surface area (Å²) in [6.07, 6.45) is -4.68. The van der Waals surface area contributed by atoms with Crippen LogP contribution in [-0.2, 0) is 20.9 Å². The van der Waals surface area contributed by atoms with Crippen molar-refractivity contribution in [1.29, 1.82) is 0 Å². The summed E-state index contributed by atoms with van der Waals surface area (Å²) in [5, 5.41) is 50.4. The Morgan fingerprint density at radius 3 is 2.31 bits per heavy atom. The summed E-state index contributed by atoms with van der Waals surface area (Å²) in [4.78, 5) is 32.4. The third-order valence-electron chi connectivity index (χ3n) is 11.5. The predicted molar refractivity (Wildman–Crippen MR) is 206 cm³/mol. The Morgan fingerprint density at radius 2 is 1.61 bits per heavy atom. The summed E-state index contributed by atoms with van der Waals surface area (Å²) >= 11 is 0. The second-order valence-electron chi connectivity index (χ2n) is 15.0. The molecule has 3 aliphatic rings. The molecule has 1 amide bonds. The molecule has 6 heterocycles. The zero-order valence-corrected chi connectivity index (χ0v) is 32.3. The van der Waals surface area contributed by atoms with Crippen LogP contribution < -0.4 is 0 Å². The number of hydrogen-bond acceptors (Lipinski definition) is 10. The molecule has 0 spiro atoms. The van der Waals surface area contributed by atoms with Crippen LogP contribution in [0.3, 0.4) is 0 Å². The van der Waals surface area contributed by atoms with E-state index in [9.17, 15) is 30.3 Å². The summed E-state index contributed by atoms with van der Waals surface area (Å²) in [5.74, 6) is -0.00829. The number of ether oxygens (including phenoxy) is 2. The second kappa shape index (κ2) is 16.4. The third-order valence-corrected chi connectivity index (χ3v) is 11.5. The molecule has 13 heteroatoms. The summed E-state index contributed by atoms with van der Waals surface area (Å²) in [6, 6.07) is 8.29. The van der Waals surface area contributed by atoms with E-state index < -0.39 is 37.3 Å². The molecule has 0 unspecified atom stereocenters. The maximum absolute atomic E-state index is 13.1. The standard InChI is InChI=1S/C41H55N5O8/c1-8-25-21(3)31-17-34-27(19-53-41-40(52)39(51)38(50)35(18-48)54-41)23(5)30(44-34)16-32-22(4)26(10-11-36(49)46(7)12-9-13-47)37(45-32)24(6)29-14-20(2)28(42-29)15-33(25)43-31/h14-17,22,26,35,38-42,44,47-48,50-52H,8-13,18-19H2,1-7H3/t22-,26-,35+,38+,39-,40+,41+/m0/s1. The summed E-state index contributed by atoms with van der Waals surface area (Å²) in [7, 11) is 1.78. The van der Waals surface area contributed by atoms with Crippen LogP contribution in [0.15, 0.2) is 24.3 Å². The Bertz CT molecular complexity index is 2070. The van der Waals surface area contributed by atoms with Gasteiger partial charge in [-0.1, -0.05) is 13.8 Å². The van der Waals surface area contributed by atoms with Gasteiger partial charge in [-0.05, 0) is 99.1 Å². The van der Waals surface area contributed by atoms with Crippen molar-refractivity contribution < 1.29 is 39.8 Å². The lowest BCUT2D eigenvalue weighted by molar-refractivity contribution is -0.304. The van der Waals surface area contributed by atoms with Crippen molar-refractivity contribution in [2.24, 2.45) is 0 Å². The number of aliphatic hydroxyl groups excluding tert-OH is 5. The molecular formula is C41H55N5O8. The van der Waals surface area contributed by atoms with E-state index in [1.165, 1.54) is 0 Å². The number of carbonyl (C=O) groups excluding carboxylic acids is 1. The van der Waals surface area contributed by atoms with Crippen LogP contribution in [0.25, 0.3) is 33.2 Å². The first-order valence-corrected chi connectivity index (χ1v) is 19.0. The highest BCUT2D eigenvalue weighted by molar-refractivity contribution is 5.92. The Morgan fingerprint density at radius 1 is 0.907 bits per heavy atom. The Balaban J connectivity index is 1.51. The second-order valence-corrected chi connectivity index (χ2v) is 15.0. The number of carbonyl (C=O) groups is 1. The molecule has 6 rings (SSSR count). The molecule has 0 aromatic carbocycles. The van der Waals surface area contributed by atoms with E-state index in [4.69, 9.17) is 19.4 Å². The number of amides is 1. The minimum absolute atomic E-state index is 0.0135. The number of aryl methyl sites for hydroxylation is 3. The van der Waals surface area contributed by atoms with Crippen molar-refractivity contribution in [2.75, 3.05) is 26.8 Å². The minimum Gasteiger partial charge on any atom is -0.396 e. The van der Waals surface area contributed by atoms with E-state index in [2.05, 4.69) is 62.8 Å². The van der Waals surface area contributed by atoms with Crippen LogP contribution in [0.5, 0.6) is 0 Å². The van der Waals surface area contributed by atoms with Gasteiger partial charge in [0.05, 0.1) is 24.6 Å². The Kier molecular flexibility index (Phi) is 12.1. The molecule has 7 atom stereocenters. The van der Waals surface area contributed by atoms with Gasteiger partial charge in [-0.2, -0.15) is 0 Å². The molecular weight excluding hydrogens is 690 g/mol. The first kappa shape index (κ1) is 39.7. The minimum atomic E-state index is -1.56. The number of hydrogen-bond donors (Lipinski definition) is 7. The average molecular weight is 746 g/mol. The maximum Gasteiger partial charge on any atom is 0.222 e.